The number of Topliss-reactive ketones (excluding diaryl/α,β-unsaturated/α-hetero) is 1. The van der Waals surface area contributed by atoms with Gasteiger partial charge in [0.2, 0.25) is 5.91 Å². The Balaban J connectivity index is 2.33. The average Bonchev–Trinajstić information content (AvgIpc) is 2.47. The van der Waals surface area contributed by atoms with Crippen molar-refractivity contribution in [2.75, 3.05) is 4.72 Å². The third kappa shape index (κ3) is 3.75. The number of benzene rings is 2. The molecule has 0 aliphatic carbocycles. The summed E-state index contributed by atoms with van der Waals surface area (Å²) in [4.78, 5) is 22.5. The fourth-order valence-corrected chi connectivity index (χ4v) is 3.11. The molecule has 0 saturated heterocycles. The van der Waals surface area contributed by atoms with Crippen molar-refractivity contribution in [2.45, 2.75) is 18.7 Å². The lowest BCUT2D eigenvalue weighted by Crippen LogP contribution is -2.17. The standard InChI is InChI=1S/C16H16N2O4S/c1-10-3-8-14(9-15(10)16(17)20)23(21,22)18-13-6-4-12(5-7-13)11(2)19/h3-9,18H,1-2H3,(H2,17,20). The molecule has 0 heterocycles. The highest BCUT2D eigenvalue weighted by atomic mass is 32.2. The summed E-state index contributed by atoms with van der Waals surface area (Å²) in [7, 11) is -3.86. The Bertz CT molecular complexity index is 871. The van der Waals surface area contributed by atoms with E-state index in [9.17, 15) is 18.0 Å². The molecule has 23 heavy (non-hydrogen) atoms. The summed E-state index contributed by atoms with van der Waals surface area (Å²) in [5.41, 5.74) is 6.79. The molecule has 7 heteroatoms. The first-order valence-electron chi connectivity index (χ1n) is 6.75. The van der Waals surface area contributed by atoms with Gasteiger partial charge in [0.1, 0.15) is 0 Å². The van der Waals surface area contributed by atoms with E-state index < -0.39 is 15.9 Å². The van der Waals surface area contributed by atoms with E-state index in [0.29, 0.717) is 16.8 Å². The molecule has 120 valence electrons. The van der Waals surface area contributed by atoms with Crippen LogP contribution in [0.2, 0.25) is 0 Å². The van der Waals surface area contributed by atoms with Crippen molar-refractivity contribution in [2.24, 2.45) is 5.73 Å². The number of nitrogens with one attached hydrogen (secondary N) is 1. The van der Waals surface area contributed by atoms with Gasteiger partial charge in [0.15, 0.2) is 5.78 Å². The van der Waals surface area contributed by atoms with Gasteiger partial charge in [-0.3, -0.25) is 14.3 Å². The molecule has 0 atom stereocenters. The zero-order chi connectivity index (χ0) is 17.2. The predicted octanol–water partition coefficient (Wildman–Crippen LogP) is 2.10. The van der Waals surface area contributed by atoms with Gasteiger partial charge in [0, 0.05) is 16.8 Å². The van der Waals surface area contributed by atoms with Crippen LogP contribution in [0.1, 0.15) is 33.2 Å². The van der Waals surface area contributed by atoms with Crippen molar-refractivity contribution < 1.29 is 18.0 Å². The Labute approximate surface area is 134 Å². The van der Waals surface area contributed by atoms with Gasteiger partial charge in [0.05, 0.1) is 4.90 Å². The quantitative estimate of drug-likeness (QED) is 0.818. The van der Waals surface area contributed by atoms with Gasteiger partial charge in [-0.2, -0.15) is 0 Å². The van der Waals surface area contributed by atoms with E-state index >= 15 is 0 Å². The molecule has 0 bridgehead atoms. The third-order valence-electron chi connectivity index (χ3n) is 3.33. The van der Waals surface area contributed by atoms with Gasteiger partial charge in [-0.05, 0) is 55.8 Å². The van der Waals surface area contributed by atoms with Crippen LogP contribution in [0.15, 0.2) is 47.4 Å². The Hall–Kier alpha value is -2.67. The summed E-state index contributed by atoms with van der Waals surface area (Å²) >= 11 is 0. The number of primary amides is 1. The van der Waals surface area contributed by atoms with E-state index in [4.69, 9.17) is 5.73 Å². The number of ketones is 1. The Morgan fingerprint density at radius 2 is 1.65 bits per heavy atom. The fourth-order valence-electron chi connectivity index (χ4n) is 2.02. The molecule has 1 amide bonds. The summed E-state index contributed by atoms with van der Waals surface area (Å²) in [6.45, 7) is 3.10. The zero-order valence-corrected chi connectivity index (χ0v) is 13.5. The van der Waals surface area contributed by atoms with Crippen LogP contribution in [0.5, 0.6) is 0 Å². The highest BCUT2D eigenvalue weighted by molar-refractivity contribution is 7.92. The molecule has 2 aromatic rings. The minimum atomic E-state index is -3.86. The number of sulfonamides is 1. The fraction of sp³-hybridized carbons (Fsp3) is 0.125. The molecule has 2 rings (SSSR count). The number of carbonyl (C=O) groups is 2. The van der Waals surface area contributed by atoms with Gasteiger partial charge in [0.25, 0.3) is 10.0 Å². The second-order valence-electron chi connectivity index (χ2n) is 5.08. The van der Waals surface area contributed by atoms with Crippen LogP contribution in [0.4, 0.5) is 5.69 Å². The van der Waals surface area contributed by atoms with Crippen LogP contribution in [0.25, 0.3) is 0 Å². The molecule has 0 fully saturated rings. The number of rotatable bonds is 5. The molecule has 0 unspecified atom stereocenters. The molecular weight excluding hydrogens is 316 g/mol. The maximum absolute atomic E-state index is 12.4. The summed E-state index contributed by atoms with van der Waals surface area (Å²) in [5.74, 6) is -0.797. The normalized spacial score (nSPS) is 11.0. The maximum Gasteiger partial charge on any atom is 0.261 e. The minimum absolute atomic E-state index is 0.0625. The van der Waals surface area contributed by atoms with Crippen LogP contribution in [0.3, 0.4) is 0 Å². The highest BCUT2D eigenvalue weighted by Gasteiger charge is 2.17. The molecule has 0 spiro atoms. The van der Waals surface area contributed by atoms with Crippen molar-refractivity contribution in [3.8, 4) is 0 Å². The largest absolute Gasteiger partial charge is 0.366 e. The Kier molecular flexibility index (Phi) is 4.51. The minimum Gasteiger partial charge on any atom is -0.366 e. The Morgan fingerprint density at radius 1 is 1.04 bits per heavy atom. The van der Waals surface area contributed by atoms with E-state index in [1.165, 1.54) is 49.4 Å². The maximum atomic E-state index is 12.4. The van der Waals surface area contributed by atoms with Crippen molar-refractivity contribution in [1.82, 2.24) is 0 Å². The van der Waals surface area contributed by atoms with Crippen molar-refractivity contribution in [3.63, 3.8) is 0 Å². The van der Waals surface area contributed by atoms with Crippen molar-refractivity contribution in [1.29, 1.82) is 0 Å². The van der Waals surface area contributed by atoms with Gasteiger partial charge < -0.3 is 5.73 Å². The smallest absolute Gasteiger partial charge is 0.261 e. The molecule has 3 N–H and O–H groups in total. The molecule has 0 aliphatic rings. The second kappa shape index (κ2) is 6.21. The number of amides is 1. The van der Waals surface area contributed by atoms with Gasteiger partial charge in [-0.25, -0.2) is 8.42 Å². The summed E-state index contributed by atoms with van der Waals surface area (Å²) in [6.07, 6.45) is 0. The molecule has 0 radical (unpaired) electrons. The Morgan fingerprint density at radius 3 is 2.17 bits per heavy atom. The molecule has 0 aromatic heterocycles. The lowest BCUT2D eigenvalue weighted by Gasteiger charge is -2.10. The predicted molar refractivity (Wildman–Crippen MR) is 87.0 cm³/mol. The summed E-state index contributed by atoms with van der Waals surface area (Å²) in [5, 5.41) is 0. The van der Waals surface area contributed by atoms with Crippen LogP contribution >= 0.6 is 0 Å². The van der Waals surface area contributed by atoms with Gasteiger partial charge >= 0.3 is 0 Å². The van der Waals surface area contributed by atoms with E-state index in [1.807, 2.05) is 0 Å². The van der Waals surface area contributed by atoms with Crippen LogP contribution in [-0.2, 0) is 10.0 Å². The number of carbonyl (C=O) groups excluding carboxylic acids is 2. The molecule has 6 nitrogen and oxygen atoms in total. The van der Waals surface area contributed by atoms with Gasteiger partial charge in [-0.1, -0.05) is 6.07 Å². The number of anilines is 1. The van der Waals surface area contributed by atoms with E-state index in [2.05, 4.69) is 4.72 Å². The lowest BCUT2D eigenvalue weighted by atomic mass is 10.1. The topological polar surface area (TPSA) is 106 Å². The zero-order valence-electron chi connectivity index (χ0n) is 12.7. The number of nitrogens with two attached hydrogens (primary N) is 1. The van der Waals surface area contributed by atoms with Crippen molar-refractivity contribution in [3.05, 3.63) is 59.2 Å². The third-order valence-corrected chi connectivity index (χ3v) is 4.71. The first-order valence-corrected chi connectivity index (χ1v) is 8.23. The molecule has 0 saturated carbocycles. The molecule has 2 aromatic carbocycles. The van der Waals surface area contributed by atoms with Gasteiger partial charge in [-0.15, -0.1) is 0 Å². The van der Waals surface area contributed by atoms with Crippen molar-refractivity contribution >= 4 is 27.4 Å². The molecular formula is C16H16N2O4S. The number of hydrogen-bond acceptors (Lipinski definition) is 4. The number of hydrogen-bond donors (Lipinski definition) is 2. The summed E-state index contributed by atoms with van der Waals surface area (Å²) < 4.78 is 27.1. The number of aryl methyl sites for hydroxylation is 1. The SMILES string of the molecule is CC(=O)c1ccc(NS(=O)(=O)c2ccc(C)c(C(N)=O)c2)cc1. The summed E-state index contributed by atoms with van der Waals surface area (Å²) in [6, 6.07) is 10.2. The van der Waals surface area contributed by atoms with Crippen LogP contribution < -0.4 is 10.5 Å². The van der Waals surface area contributed by atoms with E-state index in [-0.39, 0.29) is 16.2 Å². The molecule has 0 aliphatic heterocycles. The lowest BCUT2D eigenvalue weighted by molar-refractivity contribution is 0.0995. The van der Waals surface area contributed by atoms with Crippen LogP contribution in [-0.4, -0.2) is 20.1 Å². The van der Waals surface area contributed by atoms with Crippen LogP contribution in [0, 0.1) is 6.92 Å². The first kappa shape index (κ1) is 16.7. The second-order valence-corrected chi connectivity index (χ2v) is 6.76. The monoisotopic (exact) mass is 332 g/mol. The van der Waals surface area contributed by atoms with E-state index in [1.54, 1.807) is 6.92 Å². The highest BCUT2D eigenvalue weighted by Crippen LogP contribution is 2.19. The average molecular weight is 332 g/mol. The van der Waals surface area contributed by atoms with E-state index in [0.717, 1.165) is 0 Å². The first-order chi connectivity index (χ1) is 10.7.